The van der Waals surface area contributed by atoms with Crippen LogP contribution < -0.4 is 4.74 Å². The maximum absolute atomic E-state index is 5.70. The zero-order chi connectivity index (χ0) is 20.1. The Hall–Kier alpha value is -2.76. The molecular weight excluding hydrogens is 396 g/mol. The van der Waals surface area contributed by atoms with E-state index in [-0.39, 0.29) is 0 Å². The van der Waals surface area contributed by atoms with Crippen LogP contribution in [0.1, 0.15) is 15.3 Å². The third-order valence-corrected chi connectivity index (χ3v) is 7.17. The topological polar surface area (TPSA) is 35.0 Å². The van der Waals surface area contributed by atoms with E-state index in [1.165, 1.54) is 25.1 Å². The molecule has 0 bridgehead atoms. The van der Waals surface area contributed by atoms with Gasteiger partial charge in [0.1, 0.15) is 11.3 Å². The predicted molar refractivity (Wildman–Crippen MR) is 124 cm³/mol. The molecule has 3 nitrogen and oxygen atoms in total. The molecule has 5 aromatic rings. The third-order valence-electron chi connectivity index (χ3n) is 5.07. The van der Waals surface area contributed by atoms with Gasteiger partial charge in [-0.2, -0.15) is 0 Å². The molecule has 0 saturated heterocycles. The van der Waals surface area contributed by atoms with E-state index in [1.54, 1.807) is 29.8 Å². The summed E-state index contributed by atoms with van der Waals surface area (Å²) in [5.74, 6) is 0.757. The molecule has 0 saturated carbocycles. The van der Waals surface area contributed by atoms with Crippen LogP contribution in [-0.4, -0.2) is 17.1 Å². The highest BCUT2D eigenvalue weighted by molar-refractivity contribution is 7.15. The van der Waals surface area contributed by atoms with Crippen molar-refractivity contribution < 1.29 is 4.74 Å². The van der Waals surface area contributed by atoms with E-state index in [4.69, 9.17) is 14.7 Å². The number of fused-ring (bicyclic) bond motifs is 2. The van der Waals surface area contributed by atoms with Crippen LogP contribution in [0.15, 0.2) is 48.5 Å². The van der Waals surface area contributed by atoms with Gasteiger partial charge >= 0.3 is 0 Å². The fourth-order valence-electron chi connectivity index (χ4n) is 3.64. The number of thiophene rings is 2. The van der Waals surface area contributed by atoms with Crippen LogP contribution in [0.4, 0.5) is 0 Å². The van der Waals surface area contributed by atoms with Crippen molar-refractivity contribution in [1.29, 1.82) is 0 Å². The second kappa shape index (κ2) is 6.94. The van der Waals surface area contributed by atoms with Crippen LogP contribution >= 0.6 is 22.7 Å². The van der Waals surface area contributed by atoms with E-state index in [0.717, 1.165) is 38.9 Å². The lowest BCUT2D eigenvalue weighted by molar-refractivity contribution is 0.419. The molecule has 29 heavy (non-hydrogen) atoms. The highest BCUT2D eigenvalue weighted by atomic mass is 32.1. The van der Waals surface area contributed by atoms with Gasteiger partial charge in [-0.3, -0.25) is 0 Å². The van der Waals surface area contributed by atoms with E-state index in [0.29, 0.717) is 0 Å². The van der Waals surface area contributed by atoms with E-state index < -0.39 is 0 Å². The van der Waals surface area contributed by atoms with Gasteiger partial charge in [0.15, 0.2) is 0 Å². The van der Waals surface area contributed by atoms with E-state index in [2.05, 4.69) is 69.3 Å². The Morgan fingerprint density at radius 2 is 1.24 bits per heavy atom. The van der Waals surface area contributed by atoms with Gasteiger partial charge in [0.25, 0.3) is 0 Å². The number of aryl methyl sites for hydroxylation is 3. The predicted octanol–water partition coefficient (Wildman–Crippen LogP) is 7.17. The average Bonchev–Trinajstić information content (AvgIpc) is 3.34. The first-order valence-corrected chi connectivity index (χ1v) is 11.1. The summed E-state index contributed by atoms with van der Waals surface area (Å²) in [6, 6.07) is 17.1. The number of aromatic nitrogens is 2. The van der Waals surface area contributed by atoms with Crippen LogP contribution in [-0.2, 0) is 0 Å². The average molecular weight is 417 g/mol. The summed E-state index contributed by atoms with van der Waals surface area (Å²) >= 11 is 3.57. The molecule has 3 heterocycles. The van der Waals surface area contributed by atoms with Crippen LogP contribution in [0.5, 0.6) is 5.75 Å². The number of hydrogen-bond acceptors (Lipinski definition) is 5. The number of methoxy groups -OCH3 is 1. The Balaban J connectivity index is 1.75. The molecule has 0 spiro atoms. The number of hydrogen-bond donors (Lipinski definition) is 0. The van der Waals surface area contributed by atoms with Crippen molar-refractivity contribution >= 4 is 44.7 Å². The van der Waals surface area contributed by atoms with Gasteiger partial charge in [-0.1, -0.05) is 0 Å². The lowest BCUT2D eigenvalue weighted by Gasteiger charge is -2.11. The first-order chi connectivity index (χ1) is 14.0. The van der Waals surface area contributed by atoms with Crippen molar-refractivity contribution in [2.75, 3.05) is 7.11 Å². The summed E-state index contributed by atoms with van der Waals surface area (Å²) in [4.78, 5) is 15.0. The Labute approximate surface area is 177 Å². The molecular formula is C24H20N2OS2. The number of ether oxygens (including phenoxy) is 1. The maximum Gasteiger partial charge on any atom is 0.147 e. The Morgan fingerprint density at radius 3 is 1.79 bits per heavy atom. The molecule has 5 heteroatoms. The van der Waals surface area contributed by atoms with Crippen LogP contribution in [0.2, 0.25) is 0 Å². The normalized spacial score (nSPS) is 11.4. The third kappa shape index (κ3) is 3.20. The summed E-state index contributed by atoms with van der Waals surface area (Å²) in [6.45, 7) is 6.36. The largest absolute Gasteiger partial charge is 0.494 e. The fourth-order valence-corrected chi connectivity index (χ4v) is 5.35. The van der Waals surface area contributed by atoms with E-state index in [9.17, 15) is 0 Å². The van der Waals surface area contributed by atoms with Gasteiger partial charge in [-0.15, -0.1) is 22.7 Å². The molecule has 2 aromatic carbocycles. The van der Waals surface area contributed by atoms with Crippen molar-refractivity contribution in [1.82, 2.24) is 9.97 Å². The van der Waals surface area contributed by atoms with Gasteiger partial charge in [-0.05, 0) is 86.0 Å². The first-order valence-electron chi connectivity index (χ1n) is 9.45. The van der Waals surface area contributed by atoms with Crippen molar-refractivity contribution in [3.8, 4) is 26.6 Å². The first kappa shape index (κ1) is 18.3. The Bertz CT molecular complexity index is 1380. The molecule has 0 aliphatic carbocycles. The molecule has 0 amide bonds. The van der Waals surface area contributed by atoms with E-state index >= 15 is 0 Å². The summed E-state index contributed by atoms with van der Waals surface area (Å²) in [6.07, 6.45) is 0. The molecule has 3 aromatic heterocycles. The fraction of sp³-hybridized carbons (Fsp3) is 0.167. The lowest BCUT2D eigenvalue weighted by Crippen LogP contribution is -1.95. The zero-order valence-electron chi connectivity index (χ0n) is 16.7. The van der Waals surface area contributed by atoms with Crippen molar-refractivity contribution in [3.63, 3.8) is 0 Å². The van der Waals surface area contributed by atoms with Crippen LogP contribution in [0.3, 0.4) is 0 Å². The van der Waals surface area contributed by atoms with E-state index in [1.807, 2.05) is 0 Å². The van der Waals surface area contributed by atoms with Gasteiger partial charge in [0.05, 0.1) is 23.7 Å². The quantitative estimate of drug-likeness (QED) is 0.292. The SMILES string of the molecule is COc1cc(-c2ccc(C)s2)cc2nc3c(C)cc(-c4ccc(C)s4)cc3nc12. The van der Waals surface area contributed by atoms with Crippen LogP contribution in [0, 0.1) is 20.8 Å². The highest BCUT2D eigenvalue weighted by Gasteiger charge is 2.14. The van der Waals surface area contributed by atoms with Crippen molar-refractivity contribution in [2.45, 2.75) is 20.8 Å². The molecule has 0 aliphatic heterocycles. The minimum atomic E-state index is 0.757. The molecule has 0 atom stereocenters. The lowest BCUT2D eigenvalue weighted by atomic mass is 10.1. The van der Waals surface area contributed by atoms with Gasteiger partial charge < -0.3 is 4.74 Å². The minimum absolute atomic E-state index is 0.757. The second-order valence-corrected chi connectivity index (χ2v) is 9.83. The van der Waals surface area contributed by atoms with Gasteiger partial charge in [0.2, 0.25) is 0 Å². The van der Waals surface area contributed by atoms with Crippen molar-refractivity contribution in [2.24, 2.45) is 0 Å². The van der Waals surface area contributed by atoms with Crippen molar-refractivity contribution in [3.05, 3.63) is 63.8 Å². The van der Waals surface area contributed by atoms with Crippen LogP contribution in [0.25, 0.3) is 42.9 Å². The Morgan fingerprint density at radius 1 is 0.690 bits per heavy atom. The standard InChI is InChI=1S/C24H20N2OS2/c1-13-9-16(21-7-5-14(2)28-21)10-18-23(13)25-19-11-17(22-8-6-15(3)29-22)12-20(27-4)24(19)26-18/h5-12H,1-4H3. The Kier molecular flexibility index (Phi) is 4.37. The molecule has 0 unspecified atom stereocenters. The molecule has 0 radical (unpaired) electrons. The molecule has 5 rings (SSSR count). The molecule has 144 valence electrons. The van der Waals surface area contributed by atoms with Gasteiger partial charge in [-0.25, -0.2) is 9.97 Å². The molecule has 0 N–H and O–H groups in total. The highest BCUT2D eigenvalue weighted by Crippen LogP contribution is 2.36. The maximum atomic E-state index is 5.70. The smallest absolute Gasteiger partial charge is 0.147 e. The monoisotopic (exact) mass is 416 g/mol. The number of benzene rings is 2. The summed E-state index contributed by atoms with van der Waals surface area (Å²) < 4.78 is 5.70. The summed E-state index contributed by atoms with van der Waals surface area (Å²) in [5, 5.41) is 0. The number of nitrogens with zero attached hydrogens (tertiary/aromatic N) is 2. The minimum Gasteiger partial charge on any atom is -0.494 e. The zero-order valence-corrected chi connectivity index (χ0v) is 18.4. The number of rotatable bonds is 3. The molecule has 0 fully saturated rings. The summed E-state index contributed by atoms with van der Waals surface area (Å²) in [5.41, 5.74) is 6.94. The van der Waals surface area contributed by atoms with Gasteiger partial charge in [0, 0.05) is 19.5 Å². The summed E-state index contributed by atoms with van der Waals surface area (Å²) in [7, 11) is 1.69. The second-order valence-electron chi connectivity index (χ2n) is 7.25. The molecule has 0 aliphatic rings.